The number of rotatable bonds is 7. The minimum Gasteiger partial charge on any atom is -0.493 e. The molecule has 0 saturated heterocycles. The molecule has 1 saturated carbocycles. The van der Waals surface area contributed by atoms with Gasteiger partial charge in [0.2, 0.25) is 11.5 Å². The number of pyridine rings is 1. The van der Waals surface area contributed by atoms with Gasteiger partial charge in [-0.1, -0.05) is 12.1 Å². The first kappa shape index (κ1) is 22.5. The van der Waals surface area contributed by atoms with Crippen LogP contribution in [0.4, 0.5) is 4.39 Å². The number of benzene rings is 1. The number of halogens is 1. The van der Waals surface area contributed by atoms with Crippen LogP contribution in [0.3, 0.4) is 0 Å². The summed E-state index contributed by atoms with van der Waals surface area (Å²) in [4.78, 5) is 38.8. The van der Waals surface area contributed by atoms with E-state index >= 15 is 0 Å². The van der Waals surface area contributed by atoms with E-state index in [1.165, 1.54) is 37.4 Å². The molecule has 8 nitrogen and oxygen atoms in total. The zero-order chi connectivity index (χ0) is 22.4. The van der Waals surface area contributed by atoms with E-state index in [4.69, 9.17) is 4.74 Å². The number of aliphatic hydroxyl groups excluding tert-OH is 1. The number of aliphatic hydroxyl groups is 1. The number of hydrogen-bond acceptors (Lipinski definition) is 5. The number of H-pyrrole nitrogens is 1. The van der Waals surface area contributed by atoms with Gasteiger partial charge in [0, 0.05) is 30.3 Å². The third-order valence-corrected chi connectivity index (χ3v) is 5.47. The van der Waals surface area contributed by atoms with E-state index in [-0.39, 0.29) is 41.3 Å². The Labute approximate surface area is 178 Å². The molecule has 3 rings (SSSR count). The van der Waals surface area contributed by atoms with Crippen LogP contribution >= 0.6 is 0 Å². The Morgan fingerprint density at radius 2 is 1.90 bits per heavy atom. The maximum Gasteiger partial charge on any atom is 0.255 e. The summed E-state index contributed by atoms with van der Waals surface area (Å²) in [6.45, 7) is -0.00514. The highest BCUT2D eigenvalue weighted by Crippen LogP contribution is 2.26. The molecule has 1 heterocycles. The molecule has 0 spiro atoms. The first-order valence-corrected chi connectivity index (χ1v) is 10.2. The molecule has 0 bridgehead atoms. The van der Waals surface area contributed by atoms with E-state index < -0.39 is 17.8 Å². The number of carbonyl (C=O) groups excluding carboxylic acids is 2. The van der Waals surface area contributed by atoms with Gasteiger partial charge in [0.1, 0.15) is 6.10 Å². The Morgan fingerprint density at radius 3 is 2.58 bits per heavy atom. The number of carbonyl (C=O) groups is 2. The largest absolute Gasteiger partial charge is 0.493 e. The molecule has 0 radical (unpaired) electrons. The Hall–Kier alpha value is -3.20. The van der Waals surface area contributed by atoms with E-state index in [0.29, 0.717) is 31.4 Å². The van der Waals surface area contributed by atoms with Crippen LogP contribution in [0.15, 0.2) is 41.2 Å². The lowest BCUT2D eigenvalue weighted by molar-refractivity contribution is -0.126. The van der Waals surface area contributed by atoms with Crippen molar-refractivity contribution in [1.82, 2.24) is 15.6 Å². The lowest BCUT2D eigenvalue weighted by Crippen LogP contribution is -2.41. The molecular formula is C22H26FN3O5. The normalized spacial score (nSPS) is 19.3. The summed E-state index contributed by atoms with van der Waals surface area (Å²) in [6.07, 6.45) is 1.37. The fraction of sp³-hybridized carbons (Fsp3) is 0.409. The number of ether oxygens (including phenoxy) is 1. The smallest absolute Gasteiger partial charge is 0.255 e. The second-order valence-corrected chi connectivity index (χ2v) is 7.57. The van der Waals surface area contributed by atoms with Crippen molar-refractivity contribution in [3.8, 4) is 5.75 Å². The molecule has 1 aromatic heterocycles. The fourth-order valence-electron chi connectivity index (χ4n) is 3.77. The molecule has 1 fully saturated rings. The number of hydrogen-bond donors (Lipinski definition) is 4. The van der Waals surface area contributed by atoms with Crippen molar-refractivity contribution < 1.29 is 23.8 Å². The van der Waals surface area contributed by atoms with Crippen LogP contribution in [-0.2, 0) is 4.79 Å². The maximum absolute atomic E-state index is 13.8. The third-order valence-electron chi connectivity index (χ3n) is 5.47. The number of para-hydroxylation sites is 1. The Morgan fingerprint density at radius 1 is 1.19 bits per heavy atom. The first-order valence-electron chi connectivity index (χ1n) is 10.2. The van der Waals surface area contributed by atoms with Gasteiger partial charge in [0.05, 0.1) is 12.7 Å². The van der Waals surface area contributed by atoms with Crippen molar-refractivity contribution in [2.45, 2.75) is 37.8 Å². The van der Waals surface area contributed by atoms with Gasteiger partial charge in [-0.25, -0.2) is 4.39 Å². The molecule has 9 heteroatoms. The summed E-state index contributed by atoms with van der Waals surface area (Å²) < 4.78 is 18.8. The zero-order valence-electron chi connectivity index (χ0n) is 17.2. The number of aromatic amines is 1. The van der Waals surface area contributed by atoms with Crippen molar-refractivity contribution in [3.05, 3.63) is 63.8 Å². The van der Waals surface area contributed by atoms with Crippen molar-refractivity contribution in [2.75, 3.05) is 13.7 Å². The molecule has 2 amide bonds. The summed E-state index contributed by atoms with van der Waals surface area (Å²) in [7, 11) is 1.31. The SMILES string of the molecule is COc1c(F)cccc1C(=O)NC1CCC(C(=O)NCC(O)c2cccc(=O)[nH]2)CC1. The molecule has 2 aromatic rings. The van der Waals surface area contributed by atoms with Crippen LogP contribution in [0, 0.1) is 11.7 Å². The molecule has 1 aliphatic rings. The second-order valence-electron chi connectivity index (χ2n) is 7.57. The Kier molecular flexibility index (Phi) is 7.41. The number of aromatic nitrogens is 1. The Bertz CT molecular complexity index is 985. The van der Waals surface area contributed by atoms with E-state index in [9.17, 15) is 23.9 Å². The highest BCUT2D eigenvalue weighted by Gasteiger charge is 2.28. The molecule has 31 heavy (non-hydrogen) atoms. The van der Waals surface area contributed by atoms with E-state index in [2.05, 4.69) is 15.6 Å². The molecule has 1 aromatic carbocycles. The van der Waals surface area contributed by atoms with Gasteiger partial charge in [-0.2, -0.15) is 0 Å². The van der Waals surface area contributed by atoms with Crippen LogP contribution in [0.2, 0.25) is 0 Å². The minimum atomic E-state index is -1.00. The van der Waals surface area contributed by atoms with Crippen LogP contribution in [0.5, 0.6) is 5.75 Å². The standard InChI is InChI=1S/C22H26FN3O5/c1-31-20-15(4-2-5-16(20)23)22(30)25-14-10-8-13(9-11-14)21(29)24-12-18(27)17-6-3-7-19(28)26-17/h2-7,13-14,18,27H,8-12H2,1H3,(H,24,29)(H,25,30)(H,26,28). The molecular weight excluding hydrogens is 405 g/mol. The minimum absolute atomic E-state index is 0.00514. The third kappa shape index (κ3) is 5.69. The molecule has 4 N–H and O–H groups in total. The van der Waals surface area contributed by atoms with Gasteiger partial charge in [-0.15, -0.1) is 0 Å². The fourth-order valence-corrected chi connectivity index (χ4v) is 3.77. The lowest BCUT2D eigenvalue weighted by atomic mass is 9.85. The quantitative estimate of drug-likeness (QED) is 0.531. The highest BCUT2D eigenvalue weighted by atomic mass is 19.1. The van der Waals surface area contributed by atoms with Gasteiger partial charge in [0.25, 0.3) is 5.91 Å². The van der Waals surface area contributed by atoms with Crippen molar-refractivity contribution in [2.24, 2.45) is 5.92 Å². The van der Waals surface area contributed by atoms with E-state index in [1.807, 2.05) is 0 Å². The average molecular weight is 431 g/mol. The maximum atomic E-state index is 13.8. The zero-order valence-corrected chi connectivity index (χ0v) is 17.2. The van der Waals surface area contributed by atoms with Crippen LogP contribution in [0.1, 0.15) is 47.8 Å². The number of methoxy groups -OCH3 is 1. The molecule has 166 valence electrons. The van der Waals surface area contributed by atoms with E-state index in [1.54, 1.807) is 6.07 Å². The average Bonchev–Trinajstić information content (AvgIpc) is 2.77. The van der Waals surface area contributed by atoms with Gasteiger partial charge in [-0.3, -0.25) is 14.4 Å². The van der Waals surface area contributed by atoms with Gasteiger partial charge in [0.15, 0.2) is 11.6 Å². The summed E-state index contributed by atoms with van der Waals surface area (Å²) in [5.74, 6) is -1.50. The first-order chi connectivity index (χ1) is 14.9. The number of amides is 2. The van der Waals surface area contributed by atoms with Gasteiger partial charge < -0.3 is 25.5 Å². The molecule has 1 aliphatic carbocycles. The monoisotopic (exact) mass is 431 g/mol. The molecule has 0 aliphatic heterocycles. The van der Waals surface area contributed by atoms with E-state index in [0.717, 1.165) is 0 Å². The van der Waals surface area contributed by atoms with Crippen molar-refractivity contribution in [3.63, 3.8) is 0 Å². The predicted molar refractivity (Wildman–Crippen MR) is 111 cm³/mol. The lowest BCUT2D eigenvalue weighted by Gasteiger charge is -2.28. The predicted octanol–water partition coefficient (Wildman–Crippen LogP) is 1.66. The van der Waals surface area contributed by atoms with Gasteiger partial charge in [-0.05, 0) is 43.9 Å². The van der Waals surface area contributed by atoms with Crippen LogP contribution in [0.25, 0.3) is 0 Å². The molecule has 1 atom stereocenters. The van der Waals surface area contributed by atoms with Crippen molar-refractivity contribution in [1.29, 1.82) is 0 Å². The summed E-state index contributed by atoms with van der Waals surface area (Å²) in [5, 5.41) is 15.7. The Balaban J connectivity index is 1.47. The summed E-state index contributed by atoms with van der Waals surface area (Å²) >= 11 is 0. The summed E-state index contributed by atoms with van der Waals surface area (Å²) in [6, 6.07) is 8.52. The van der Waals surface area contributed by atoms with Gasteiger partial charge >= 0.3 is 0 Å². The highest BCUT2D eigenvalue weighted by molar-refractivity contribution is 5.97. The topological polar surface area (TPSA) is 121 Å². The van der Waals surface area contributed by atoms with Crippen LogP contribution in [-0.4, -0.2) is 41.6 Å². The molecule has 1 unspecified atom stereocenters. The second kappa shape index (κ2) is 10.2. The summed E-state index contributed by atoms with van der Waals surface area (Å²) in [5.41, 5.74) is 0.154. The van der Waals surface area contributed by atoms with Crippen molar-refractivity contribution >= 4 is 11.8 Å². The number of nitrogens with one attached hydrogen (secondary N) is 3. The van der Waals surface area contributed by atoms with Crippen LogP contribution < -0.4 is 20.9 Å².